The minimum absolute atomic E-state index is 0.113. The van der Waals surface area contributed by atoms with Crippen molar-refractivity contribution >= 4 is 31.9 Å². The van der Waals surface area contributed by atoms with Gasteiger partial charge in [0.15, 0.2) is 5.82 Å². The molecule has 0 saturated heterocycles. The average Bonchev–Trinajstić information content (AvgIpc) is 2.75. The number of nitrogens with two attached hydrogens (primary N) is 1. The fourth-order valence-electron chi connectivity index (χ4n) is 1.52. The Hall–Kier alpha value is -0.720. The summed E-state index contributed by atoms with van der Waals surface area (Å²) in [6, 6.07) is 5.50. The zero-order valence-electron chi connectivity index (χ0n) is 10.9. The largest absolute Gasteiger partial charge is 0.334 e. The molecule has 6 heteroatoms. The quantitative estimate of drug-likeness (QED) is 0.832. The van der Waals surface area contributed by atoms with Crippen molar-refractivity contribution in [1.82, 2.24) is 10.1 Å². The van der Waals surface area contributed by atoms with Crippen molar-refractivity contribution < 1.29 is 4.52 Å². The monoisotopic (exact) mass is 387 g/mol. The lowest BCUT2D eigenvalue weighted by atomic mass is 9.87. The first-order valence-electron chi connectivity index (χ1n) is 5.83. The van der Waals surface area contributed by atoms with Crippen molar-refractivity contribution in [3.8, 4) is 11.5 Å². The molecule has 0 radical (unpaired) electrons. The van der Waals surface area contributed by atoms with Crippen LogP contribution in [0.5, 0.6) is 0 Å². The molecule has 1 atom stereocenters. The second-order valence-electron chi connectivity index (χ2n) is 5.43. The molecule has 0 aliphatic heterocycles. The van der Waals surface area contributed by atoms with Crippen LogP contribution in [0.25, 0.3) is 11.5 Å². The molecule has 1 unspecified atom stereocenters. The highest BCUT2D eigenvalue weighted by atomic mass is 79.9. The van der Waals surface area contributed by atoms with Gasteiger partial charge in [-0.1, -0.05) is 41.9 Å². The number of nitrogens with zero attached hydrogens (tertiary/aromatic N) is 2. The van der Waals surface area contributed by atoms with Crippen molar-refractivity contribution in [2.24, 2.45) is 11.1 Å². The predicted molar refractivity (Wildman–Crippen MR) is 81.5 cm³/mol. The van der Waals surface area contributed by atoms with Crippen LogP contribution < -0.4 is 5.73 Å². The minimum atomic E-state index is -0.265. The van der Waals surface area contributed by atoms with E-state index in [4.69, 9.17) is 10.3 Å². The maximum absolute atomic E-state index is 6.12. The molecule has 0 bridgehead atoms. The van der Waals surface area contributed by atoms with Crippen molar-refractivity contribution in [3.05, 3.63) is 33.0 Å². The molecule has 0 aliphatic rings. The van der Waals surface area contributed by atoms with Gasteiger partial charge in [-0.05, 0) is 39.5 Å². The Kier molecular flexibility index (Phi) is 4.13. The summed E-state index contributed by atoms with van der Waals surface area (Å²) in [6.07, 6.45) is 0. The number of rotatable bonds is 2. The van der Waals surface area contributed by atoms with Gasteiger partial charge in [0.2, 0.25) is 0 Å². The van der Waals surface area contributed by atoms with Crippen molar-refractivity contribution in [2.45, 2.75) is 26.8 Å². The normalized spacial score (nSPS) is 13.6. The van der Waals surface area contributed by atoms with Crippen LogP contribution in [0.3, 0.4) is 0 Å². The SMILES string of the molecule is CC(C)(C)C(N)c1noc(-c2ccc(Br)cc2Br)n1. The fourth-order valence-corrected chi connectivity index (χ4v) is 2.74. The van der Waals surface area contributed by atoms with E-state index in [-0.39, 0.29) is 11.5 Å². The number of hydrogen-bond donors (Lipinski definition) is 1. The lowest BCUT2D eigenvalue weighted by Crippen LogP contribution is -2.27. The molecule has 0 saturated carbocycles. The van der Waals surface area contributed by atoms with Gasteiger partial charge in [0.25, 0.3) is 5.89 Å². The topological polar surface area (TPSA) is 64.9 Å². The zero-order chi connectivity index (χ0) is 14.2. The molecule has 1 aromatic heterocycles. The molecule has 2 N–H and O–H groups in total. The molecule has 2 aromatic rings. The number of hydrogen-bond acceptors (Lipinski definition) is 4. The van der Waals surface area contributed by atoms with Crippen molar-refractivity contribution in [3.63, 3.8) is 0 Å². The molecule has 1 aromatic carbocycles. The molecular weight excluding hydrogens is 374 g/mol. The lowest BCUT2D eigenvalue weighted by Gasteiger charge is -2.23. The summed E-state index contributed by atoms with van der Waals surface area (Å²) in [5.74, 6) is 0.992. The molecule has 0 spiro atoms. The summed E-state index contributed by atoms with van der Waals surface area (Å²) in [5.41, 5.74) is 6.86. The smallest absolute Gasteiger partial charge is 0.259 e. The Morgan fingerprint density at radius 1 is 1.26 bits per heavy atom. The molecule has 1 heterocycles. The van der Waals surface area contributed by atoms with E-state index in [0.717, 1.165) is 14.5 Å². The Bertz CT molecular complexity index is 590. The fraction of sp³-hybridized carbons (Fsp3) is 0.385. The Morgan fingerprint density at radius 2 is 1.95 bits per heavy atom. The van der Waals surface area contributed by atoms with Crippen LogP contribution in [0.4, 0.5) is 0 Å². The highest BCUT2D eigenvalue weighted by molar-refractivity contribution is 9.11. The van der Waals surface area contributed by atoms with Crippen LogP contribution in [0.2, 0.25) is 0 Å². The highest BCUT2D eigenvalue weighted by Crippen LogP contribution is 2.33. The molecule has 0 fully saturated rings. The first-order chi connectivity index (χ1) is 8.79. The van der Waals surface area contributed by atoms with Gasteiger partial charge in [0, 0.05) is 8.95 Å². The Balaban J connectivity index is 2.36. The number of aromatic nitrogens is 2. The predicted octanol–water partition coefficient (Wildman–Crippen LogP) is 4.31. The van der Waals surface area contributed by atoms with Crippen LogP contribution >= 0.6 is 31.9 Å². The molecule has 19 heavy (non-hydrogen) atoms. The maximum atomic E-state index is 6.12. The summed E-state index contributed by atoms with van der Waals surface area (Å²) in [5, 5.41) is 3.98. The average molecular weight is 389 g/mol. The van der Waals surface area contributed by atoms with Gasteiger partial charge in [-0.3, -0.25) is 0 Å². The second kappa shape index (κ2) is 5.34. The summed E-state index contributed by atoms with van der Waals surface area (Å²) in [4.78, 5) is 4.39. The zero-order valence-corrected chi connectivity index (χ0v) is 14.1. The Labute approximate surface area is 129 Å². The van der Waals surface area contributed by atoms with Crippen LogP contribution in [-0.4, -0.2) is 10.1 Å². The molecule has 0 aliphatic carbocycles. The maximum Gasteiger partial charge on any atom is 0.259 e. The van der Waals surface area contributed by atoms with E-state index in [1.54, 1.807) is 0 Å². The van der Waals surface area contributed by atoms with Gasteiger partial charge in [-0.25, -0.2) is 0 Å². The van der Waals surface area contributed by atoms with Crippen molar-refractivity contribution in [2.75, 3.05) is 0 Å². The number of halogens is 2. The summed E-state index contributed by atoms with van der Waals surface area (Å²) >= 11 is 6.89. The van der Waals surface area contributed by atoms with Crippen LogP contribution in [0.15, 0.2) is 31.7 Å². The molecule has 0 amide bonds. The standard InChI is InChI=1S/C13H15Br2N3O/c1-13(2,3)10(16)11-17-12(19-18-11)8-5-4-7(14)6-9(8)15/h4-6,10H,16H2,1-3H3. The molecule has 2 rings (SSSR count). The van der Waals surface area contributed by atoms with E-state index in [9.17, 15) is 0 Å². The van der Waals surface area contributed by atoms with Crippen LogP contribution in [-0.2, 0) is 0 Å². The molecule has 4 nitrogen and oxygen atoms in total. The van der Waals surface area contributed by atoms with Gasteiger partial charge < -0.3 is 10.3 Å². The van der Waals surface area contributed by atoms with Gasteiger partial charge in [-0.15, -0.1) is 0 Å². The number of benzene rings is 1. The highest BCUT2D eigenvalue weighted by Gasteiger charge is 2.27. The van der Waals surface area contributed by atoms with Gasteiger partial charge in [-0.2, -0.15) is 4.98 Å². The van der Waals surface area contributed by atoms with E-state index < -0.39 is 0 Å². The van der Waals surface area contributed by atoms with Crippen LogP contribution in [0, 0.1) is 5.41 Å². The first-order valence-corrected chi connectivity index (χ1v) is 7.42. The van der Waals surface area contributed by atoms with Crippen molar-refractivity contribution in [1.29, 1.82) is 0 Å². The van der Waals surface area contributed by atoms with E-state index in [2.05, 4.69) is 42.0 Å². The minimum Gasteiger partial charge on any atom is -0.334 e. The van der Waals surface area contributed by atoms with E-state index in [1.165, 1.54) is 0 Å². The van der Waals surface area contributed by atoms with E-state index in [1.807, 2.05) is 39.0 Å². The summed E-state index contributed by atoms with van der Waals surface area (Å²) in [6.45, 7) is 6.13. The van der Waals surface area contributed by atoms with Gasteiger partial charge in [0.1, 0.15) is 0 Å². The third-order valence-electron chi connectivity index (χ3n) is 2.81. The lowest BCUT2D eigenvalue weighted by molar-refractivity contribution is 0.303. The summed E-state index contributed by atoms with van der Waals surface area (Å²) < 4.78 is 7.17. The third kappa shape index (κ3) is 3.24. The van der Waals surface area contributed by atoms with E-state index >= 15 is 0 Å². The second-order valence-corrected chi connectivity index (χ2v) is 7.20. The van der Waals surface area contributed by atoms with Gasteiger partial charge >= 0.3 is 0 Å². The van der Waals surface area contributed by atoms with Gasteiger partial charge in [0.05, 0.1) is 11.6 Å². The van der Waals surface area contributed by atoms with Crippen LogP contribution in [0.1, 0.15) is 32.6 Å². The Morgan fingerprint density at radius 3 is 2.53 bits per heavy atom. The molecular formula is C13H15Br2N3O. The molecule has 102 valence electrons. The third-order valence-corrected chi connectivity index (χ3v) is 3.96. The first kappa shape index (κ1) is 14.7. The summed E-state index contributed by atoms with van der Waals surface area (Å²) in [7, 11) is 0. The van der Waals surface area contributed by atoms with E-state index in [0.29, 0.717) is 11.7 Å².